The van der Waals surface area contributed by atoms with Crippen molar-refractivity contribution in [1.82, 2.24) is 25.3 Å². The van der Waals surface area contributed by atoms with Gasteiger partial charge in [-0.3, -0.25) is 14.4 Å². The molecule has 2 fully saturated rings. The number of piperidine rings is 1. The number of imide groups is 1. The van der Waals surface area contributed by atoms with Crippen LogP contribution in [0.25, 0.3) is 0 Å². The quantitative estimate of drug-likeness (QED) is 0.630. The molecule has 3 heterocycles. The van der Waals surface area contributed by atoms with Crippen molar-refractivity contribution >= 4 is 24.3 Å². The largest absolute Gasteiger partial charge is 0.325 e. The van der Waals surface area contributed by atoms with Crippen LogP contribution in [-0.4, -0.2) is 51.8 Å². The summed E-state index contributed by atoms with van der Waals surface area (Å²) in [6.45, 7) is 2.64. The van der Waals surface area contributed by atoms with E-state index in [2.05, 4.69) is 27.9 Å². The summed E-state index contributed by atoms with van der Waals surface area (Å²) in [4.78, 5) is 27.7. The molecule has 7 nitrogen and oxygen atoms in total. The average molecular weight is 432 g/mol. The molecule has 3 amide bonds. The van der Waals surface area contributed by atoms with Gasteiger partial charge in [0.2, 0.25) is 0 Å². The third-order valence-corrected chi connectivity index (χ3v) is 6.23. The molecule has 30 heavy (non-hydrogen) atoms. The Kier molecular flexibility index (Phi) is 7.50. The molecular formula is C22H30ClN5O2. The number of hydrogen-bond acceptors (Lipinski definition) is 4. The van der Waals surface area contributed by atoms with E-state index in [1.807, 2.05) is 30.5 Å². The van der Waals surface area contributed by atoms with Crippen LogP contribution in [0, 0.1) is 5.92 Å². The fourth-order valence-electron chi connectivity index (χ4n) is 4.66. The van der Waals surface area contributed by atoms with E-state index in [0.717, 1.165) is 38.8 Å². The van der Waals surface area contributed by atoms with Crippen LogP contribution in [0.4, 0.5) is 4.79 Å². The van der Waals surface area contributed by atoms with Gasteiger partial charge in [0.25, 0.3) is 5.91 Å². The van der Waals surface area contributed by atoms with Crippen molar-refractivity contribution in [3.8, 4) is 0 Å². The molecule has 8 heteroatoms. The molecule has 0 spiro atoms. The van der Waals surface area contributed by atoms with Gasteiger partial charge in [0.05, 0.1) is 13.1 Å². The van der Waals surface area contributed by atoms with Crippen molar-refractivity contribution in [3.63, 3.8) is 0 Å². The van der Waals surface area contributed by atoms with Crippen LogP contribution in [-0.2, 0) is 17.8 Å². The molecule has 4 rings (SSSR count). The number of rotatable bonds is 8. The second kappa shape index (κ2) is 10.1. The minimum atomic E-state index is -0.780. The van der Waals surface area contributed by atoms with Gasteiger partial charge in [0, 0.05) is 12.4 Å². The number of halogens is 1. The number of carbonyl (C=O) groups excluding carboxylic acids is 2. The minimum absolute atomic E-state index is 0. The Morgan fingerprint density at radius 2 is 1.83 bits per heavy atom. The molecule has 1 unspecified atom stereocenters. The van der Waals surface area contributed by atoms with Crippen LogP contribution >= 0.6 is 12.4 Å². The van der Waals surface area contributed by atoms with E-state index in [1.165, 1.54) is 10.5 Å². The van der Waals surface area contributed by atoms with Gasteiger partial charge in [0.15, 0.2) is 0 Å². The highest BCUT2D eigenvalue weighted by molar-refractivity contribution is 6.07. The molecule has 1 aromatic heterocycles. The van der Waals surface area contributed by atoms with Crippen LogP contribution in [0.15, 0.2) is 48.8 Å². The van der Waals surface area contributed by atoms with Gasteiger partial charge in [-0.25, -0.2) is 4.79 Å². The lowest BCUT2D eigenvalue weighted by Gasteiger charge is -2.38. The van der Waals surface area contributed by atoms with Gasteiger partial charge in [-0.1, -0.05) is 30.3 Å². The summed E-state index contributed by atoms with van der Waals surface area (Å²) in [5.41, 5.74) is 0.484. The third-order valence-electron chi connectivity index (χ3n) is 6.23. The Labute approximate surface area is 183 Å². The topological polar surface area (TPSA) is 79.3 Å². The van der Waals surface area contributed by atoms with E-state index in [1.54, 1.807) is 10.9 Å². The molecule has 1 atom stereocenters. The number of carbonyl (C=O) groups is 2. The molecule has 2 aliphatic rings. The van der Waals surface area contributed by atoms with Crippen LogP contribution in [0.5, 0.6) is 0 Å². The van der Waals surface area contributed by atoms with Crippen LogP contribution in [0.3, 0.4) is 0 Å². The fraction of sp³-hybridized carbons (Fsp3) is 0.500. The van der Waals surface area contributed by atoms with Crippen LogP contribution in [0.2, 0.25) is 0 Å². The zero-order valence-electron chi connectivity index (χ0n) is 17.1. The Morgan fingerprint density at radius 3 is 2.53 bits per heavy atom. The van der Waals surface area contributed by atoms with E-state index in [4.69, 9.17) is 0 Å². The Bertz CT molecular complexity index is 823. The lowest BCUT2D eigenvalue weighted by Crippen LogP contribution is -2.56. The molecule has 2 N–H and O–H groups in total. The smallest absolute Gasteiger partial charge is 0.323 e. The molecule has 2 aromatic rings. The van der Waals surface area contributed by atoms with Gasteiger partial charge in [-0.05, 0) is 62.7 Å². The molecular weight excluding hydrogens is 402 g/mol. The van der Waals surface area contributed by atoms with E-state index in [-0.39, 0.29) is 30.3 Å². The van der Waals surface area contributed by atoms with Crippen molar-refractivity contribution in [2.45, 2.75) is 44.2 Å². The summed E-state index contributed by atoms with van der Waals surface area (Å²) in [6, 6.07) is 11.9. The van der Waals surface area contributed by atoms with Crippen molar-refractivity contribution < 1.29 is 9.59 Å². The summed E-state index contributed by atoms with van der Waals surface area (Å²) in [5, 5.41) is 10.7. The standard InChI is InChI=1S/C22H29N5O2.ClH/c28-20-22(19-9-13-23-14-10-19,11-4-8-18-6-2-1-3-7-18)25-21(29)27(20)17-16-26-15-5-12-24-26;/h1-3,5-7,12,15,19,23H,4,8-11,13-14,16-17H2,(H,25,29);1H. The number of benzene rings is 1. The van der Waals surface area contributed by atoms with Crippen LogP contribution < -0.4 is 10.6 Å². The number of nitrogens with one attached hydrogen (secondary N) is 2. The number of urea groups is 1. The van der Waals surface area contributed by atoms with Gasteiger partial charge < -0.3 is 10.6 Å². The summed E-state index contributed by atoms with van der Waals surface area (Å²) in [7, 11) is 0. The summed E-state index contributed by atoms with van der Waals surface area (Å²) in [6.07, 6.45) is 7.81. The van der Waals surface area contributed by atoms with Gasteiger partial charge in [-0.15, -0.1) is 12.4 Å². The number of amides is 3. The first-order valence-corrected chi connectivity index (χ1v) is 10.6. The molecule has 0 aliphatic carbocycles. The molecule has 2 saturated heterocycles. The lowest BCUT2D eigenvalue weighted by molar-refractivity contribution is -0.134. The van der Waals surface area contributed by atoms with Crippen molar-refractivity contribution in [2.24, 2.45) is 5.92 Å². The number of hydrogen-bond donors (Lipinski definition) is 2. The first kappa shape index (κ1) is 22.3. The van der Waals surface area contributed by atoms with E-state index < -0.39 is 5.54 Å². The second-order valence-corrected chi connectivity index (χ2v) is 7.99. The van der Waals surface area contributed by atoms with Gasteiger partial charge in [0.1, 0.15) is 5.54 Å². The predicted octanol–water partition coefficient (Wildman–Crippen LogP) is 2.62. The highest BCUT2D eigenvalue weighted by Crippen LogP contribution is 2.36. The van der Waals surface area contributed by atoms with Crippen molar-refractivity contribution in [1.29, 1.82) is 0 Å². The van der Waals surface area contributed by atoms with Crippen molar-refractivity contribution in [3.05, 3.63) is 54.4 Å². The molecule has 0 saturated carbocycles. The minimum Gasteiger partial charge on any atom is -0.323 e. The SMILES string of the molecule is Cl.O=C1NC(CCCc2ccccc2)(C2CCNCC2)C(=O)N1CCn1cccn1. The Balaban J connectivity index is 0.00000256. The summed E-state index contributed by atoms with van der Waals surface area (Å²) >= 11 is 0. The number of aromatic nitrogens is 2. The highest BCUT2D eigenvalue weighted by Gasteiger charge is 2.54. The normalized spacial score (nSPS) is 22.1. The maximum absolute atomic E-state index is 13.5. The first-order chi connectivity index (χ1) is 14.2. The third kappa shape index (κ3) is 4.68. The predicted molar refractivity (Wildman–Crippen MR) is 117 cm³/mol. The zero-order chi connectivity index (χ0) is 20.1. The molecule has 2 aliphatic heterocycles. The van der Waals surface area contributed by atoms with E-state index >= 15 is 0 Å². The monoisotopic (exact) mass is 431 g/mol. The van der Waals surface area contributed by atoms with Crippen LogP contribution in [0.1, 0.15) is 31.2 Å². The summed E-state index contributed by atoms with van der Waals surface area (Å²) in [5.74, 6) is 0.111. The molecule has 1 aromatic carbocycles. The lowest BCUT2D eigenvalue weighted by atomic mass is 9.74. The Hall–Kier alpha value is -2.38. The van der Waals surface area contributed by atoms with Gasteiger partial charge in [-0.2, -0.15) is 5.10 Å². The number of aryl methyl sites for hydroxylation is 1. The molecule has 0 bridgehead atoms. The highest BCUT2D eigenvalue weighted by atomic mass is 35.5. The maximum atomic E-state index is 13.5. The van der Waals surface area contributed by atoms with Gasteiger partial charge >= 0.3 is 6.03 Å². The summed E-state index contributed by atoms with van der Waals surface area (Å²) < 4.78 is 1.75. The van der Waals surface area contributed by atoms with E-state index in [9.17, 15) is 9.59 Å². The maximum Gasteiger partial charge on any atom is 0.325 e. The van der Waals surface area contributed by atoms with E-state index in [0.29, 0.717) is 19.5 Å². The number of nitrogens with zero attached hydrogens (tertiary/aromatic N) is 3. The second-order valence-electron chi connectivity index (χ2n) is 7.99. The fourth-order valence-corrected chi connectivity index (χ4v) is 4.66. The molecule has 162 valence electrons. The average Bonchev–Trinajstić information content (AvgIpc) is 3.35. The first-order valence-electron chi connectivity index (χ1n) is 10.6. The molecule has 0 radical (unpaired) electrons. The van der Waals surface area contributed by atoms with Crippen molar-refractivity contribution in [2.75, 3.05) is 19.6 Å². The Morgan fingerprint density at radius 1 is 1.07 bits per heavy atom. The zero-order valence-corrected chi connectivity index (χ0v) is 17.9.